The summed E-state index contributed by atoms with van der Waals surface area (Å²) in [6.45, 7) is 1.09. The molecule has 0 spiro atoms. The standard InChI is InChI=1S/C9H8F2O/c1-9(11,6-12)7-3-2-4-8(10)5-7/h2-6H,1H3. The molecule has 12 heavy (non-hydrogen) atoms. The van der Waals surface area contributed by atoms with Crippen LogP contribution in [0.2, 0.25) is 0 Å². The monoisotopic (exact) mass is 170 g/mol. The van der Waals surface area contributed by atoms with Gasteiger partial charge >= 0.3 is 0 Å². The first-order chi connectivity index (χ1) is 5.56. The molecule has 0 heterocycles. The molecular weight excluding hydrogens is 162 g/mol. The lowest BCUT2D eigenvalue weighted by molar-refractivity contribution is -0.117. The van der Waals surface area contributed by atoms with Gasteiger partial charge in [-0.2, -0.15) is 0 Å². The van der Waals surface area contributed by atoms with Crippen LogP contribution in [0.3, 0.4) is 0 Å². The van der Waals surface area contributed by atoms with E-state index >= 15 is 0 Å². The van der Waals surface area contributed by atoms with E-state index in [-0.39, 0.29) is 11.8 Å². The molecular formula is C9H8F2O. The molecule has 0 aromatic heterocycles. The molecule has 3 heteroatoms. The van der Waals surface area contributed by atoms with Crippen LogP contribution >= 0.6 is 0 Å². The summed E-state index contributed by atoms with van der Waals surface area (Å²) in [6.07, 6.45) is 0.155. The van der Waals surface area contributed by atoms with Crippen molar-refractivity contribution in [3.8, 4) is 0 Å². The van der Waals surface area contributed by atoms with Crippen molar-refractivity contribution in [2.24, 2.45) is 0 Å². The second kappa shape index (κ2) is 3.01. The van der Waals surface area contributed by atoms with Gasteiger partial charge in [0.05, 0.1) is 0 Å². The summed E-state index contributed by atoms with van der Waals surface area (Å²) >= 11 is 0. The van der Waals surface area contributed by atoms with Crippen LogP contribution in [0.4, 0.5) is 8.78 Å². The second-order valence-corrected chi connectivity index (χ2v) is 2.70. The van der Waals surface area contributed by atoms with Crippen molar-refractivity contribution in [3.05, 3.63) is 35.6 Å². The van der Waals surface area contributed by atoms with Crippen LogP contribution in [0.1, 0.15) is 12.5 Å². The predicted octanol–water partition coefficient (Wildman–Crippen LogP) is 2.21. The molecule has 1 atom stereocenters. The molecule has 0 fully saturated rings. The summed E-state index contributed by atoms with van der Waals surface area (Å²) in [5.74, 6) is -0.543. The maximum atomic E-state index is 13.2. The number of aldehydes is 1. The van der Waals surface area contributed by atoms with Crippen LogP contribution in [0.25, 0.3) is 0 Å². The normalized spacial score (nSPS) is 15.2. The van der Waals surface area contributed by atoms with Gasteiger partial charge in [0.25, 0.3) is 0 Å². The molecule has 1 aromatic carbocycles. The highest BCUT2D eigenvalue weighted by Gasteiger charge is 2.24. The minimum Gasteiger partial charge on any atom is -0.299 e. The largest absolute Gasteiger partial charge is 0.299 e. The Hall–Kier alpha value is -1.25. The summed E-state index contributed by atoms with van der Waals surface area (Å²) in [6, 6.07) is 4.95. The van der Waals surface area contributed by atoms with E-state index in [9.17, 15) is 13.6 Å². The molecule has 0 aliphatic heterocycles. The molecule has 0 amide bonds. The number of halogens is 2. The predicted molar refractivity (Wildman–Crippen MR) is 40.9 cm³/mol. The molecule has 0 saturated heterocycles. The van der Waals surface area contributed by atoms with Gasteiger partial charge in [-0.3, -0.25) is 4.79 Å². The molecule has 1 unspecified atom stereocenters. The van der Waals surface area contributed by atoms with Crippen LogP contribution in [0.5, 0.6) is 0 Å². The van der Waals surface area contributed by atoms with Gasteiger partial charge in [0.2, 0.25) is 0 Å². The lowest BCUT2D eigenvalue weighted by Gasteiger charge is -2.12. The average molecular weight is 170 g/mol. The lowest BCUT2D eigenvalue weighted by Crippen LogP contribution is -2.16. The highest BCUT2D eigenvalue weighted by Crippen LogP contribution is 2.22. The van der Waals surface area contributed by atoms with Gasteiger partial charge < -0.3 is 0 Å². The van der Waals surface area contributed by atoms with Crippen LogP contribution in [-0.2, 0) is 10.5 Å². The lowest BCUT2D eigenvalue weighted by atomic mass is 10.00. The van der Waals surface area contributed by atoms with E-state index in [1.807, 2.05) is 0 Å². The van der Waals surface area contributed by atoms with Crippen molar-refractivity contribution in [1.29, 1.82) is 0 Å². The first-order valence-corrected chi connectivity index (χ1v) is 3.47. The van der Waals surface area contributed by atoms with Crippen molar-refractivity contribution in [2.45, 2.75) is 12.6 Å². The summed E-state index contributed by atoms with van der Waals surface area (Å²) in [4.78, 5) is 10.2. The second-order valence-electron chi connectivity index (χ2n) is 2.70. The molecule has 0 radical (unpaired) electrons. The zero-order chi connectivity index (χ0) is 9.19. The number of carbonyl (C=O) groups excluding carboxylic acids is 1. The number of alkyl halides is 1. The van der Waals surface area contributed by atoms with Gasteiger partial charge in [-0.1, -0.05) is 12.1 Å². The molecule has 0 aliphatic rings. The van der Waals surface area contributed by atoms with Gasteiger partial charge in [-0.05, 0) is 24.6 Å². The molecule has 0 N–H and O–H groups in total. The van der Waals surface area contributed by atoms with Crippen LogP contribution in [-0.4, -0.2) is 6.29 Å². The minimum absolute atomic E-state index is 0.0394. The third-order valence-corrected chi connectivity index (χ3v) is 1.61. The first kappa shape index (κ1) is 8.84. The molecule has 1 nitrogen and oxygen atoms in total. The molecule has 0 saturated carbocycles. The number of benzene rings is 1. The van der Waals surface area contributed by atoms with Gasteiger partial charge in [0.1, 0.15) is 5.82 Å². The molecule has 1 aromatic rings. The van der Waals surface area contributed by atoms with E-state index in [2.05, 4.69) is 0 Å². The average Bonchev–Trinajstić information content (AvgIpc) is 2.05. The fourth-order valence-electron chi connectivity index (χ4n) is 0.861. The van der Waals surface area contributed by atoms with Gasteiger partial charge in [0.15, 0.2) is 12.0 Å². The minimum atomic E-state index is -2.10. The number of carbonyl (C=O) groups is 1. The Kier molecular flexibility index (Phi) is 2.22. The summed E-state index contributed by atoms with van der Waals surface area (Å²) < 4.78 is 25.7. The quantitative estimate of drug-likeness (QED) is 0.622. The van der Waals surface area contributed by atoms with Crippen molar-refractivity contribution >= 4 is 6.29 Å². The first-order valence-electron chi connectivity index (χ1n) is 3.47. The maximum Gasteiger partial charge on any atom is 0.188 e. The van der Waals surface area contributed by atoms with E-state index in [4.69, 9.17) is 0 Å². The summed E-state index contributed by atoms with van der Waals surface area (Å²) in [7, 11) is 0. The fraction of sp³-hybridized carbons (Fsp3) is 0.222. The molecule has 1 rings (SSSR count). The Bertz CT molecular complexity index is 294. The molecule has 64 valence electrons. The van der Waals surface area contributed by atoms with E-state index in [0.29, 0.717) is 0 Å². The van der Waals surface area contributed by atoms with Crippen LogP contribution < -0.4 is 0 Å². The van der Waals surface area contributed by atoms with Gasteiger partial charge in [0, 0.05) is 0 Å². The van der Waals surface area contributed by atoms with Crippen molar-refractivity contribution < 1.29 is 13.6 Å². The number of rotatable bonds is 2. The Morgan fingerprint density at radius 1 is 1.50 bits per heavy atom. The van der Waals surface area contributed by atoms with Crippen molar-refractivity contribution in [3.63, 3.8) is 0 Å². The van der Waals surface area contributed by atoms with E-state index in [1.165, 1.54) is 18.2 Å². The third-order valence-electron chi connectivity index (χ3n) is 1.61. The smallest absolute Gasteiger partial charge is 0.188 e. The number of hydrogen-bond acceptors (Lipinski definition) is 1. The van der Waals surface area contributed by atoms with Crippen molar-refractivity contribution in [2.75, 3.05) is 0 Å². The Labute approximate surface area is 69.0 Å². The van der Waals surface area contributed by atoms with E-state index < -0.39 is 11.5 Å². The van der Waals surface area contributed by atoms with Crippen LogP contribution in [0.15, 0.2) is 24.3 Å². The highest BCUT2D eigenvalue weighted by molar-refractivity contribution is 5.65. The van der Waals surface area contributed by atoms with Gasteiger partial charge in [-0.25, -0.2) is 8.78 Å². The highest BCUT2D eigenvalue weighted by atomic mass is 19.1. The summed E-state index contributed by atoms with van der Waals surface area (Å²) in [5.41, 5.74) is -2.06. The zero-order valence-electron chi connectivity index (χ0n) is 6.55. The topological polar surface area (TPSA) is 17.1 Å². The molecule has 0 bridgehead atoms. The van der Waals surface area contributed by atoms with Gasteiger partial charge in [-0.15, -0.1) is 0 Å². The fourth-order valence-corrected chi connectivity index (χ4v) is 0.861. The van der Waals surface area contributed by atoms with E-state index in [0.717, 1.165) is 13.0 Å². The number of hydrogen-bond donors (Lipinski definition) is 0. The SMILES string of the molecule is CC(F)(C=O)c1cccc(F)c1. The Morgan fingerprint density at radius 3 is 2.67 bits per heavy atom. The van der Waals surface area contributed by atoms with E-state index in [1.54, 1.807) is 0 Å². The molecule has 0 aliphatic carbocycles. The Morgan fingerprint density at radius 2 is 2.17 bits per heavy atom. The third kappa shape index (κ3) is 1.67. The van der Waals surface area contributed by atoms with Crippen molar-refractivity contribution in [1.82, 2.24) is 0 Å². The zero-order valence-corrected chi connectivity index (χ0v) is 6.55. The Balaban J connectivity index is 3.11. The summed E-state index contributed by atoms with van der Waals surface area (Å²) in [5, 5.41) is 0. The maximum absolute atomic E-state index is 13.2. The van der Waals surface area contributed by atoms with Crippen LogP contribution in [0, 0.1) is 5.82 Å².